The van der Waals surface area contributed by atoms with Crippen molar-refractivity contribution < 1.29 is 48.5 Å². The van der Waals surface area contributed by atoms with Crippen molar-refractivity contribution in [2.45, 2.75) is 13.8 Å². The molecule has 0 aromatic heterocycles. The highest BCUT2D eigenvalue weighted by molar-refractivity contribution is 5.92. The molecule has 14 nitrogen and oxygen atoms in total. The molecular weight excluding hydrogens is 468 g/mol. The van der Waals surface area contributed by atoms with Crippen LogP contribution >= 0.6 is 0 Å². The Morgan fingerprint density at radius 3 is 1.31 bits per heavy atom. The third-order valence-corrected chi connectivity index (χ3v) is 3.90. The summed E-state index contributed by atoms with van der Waals surface area (Å²) >= 11 is 0. The van der Waals surface area contributed by atoms with Crippen LogP contribution in [0.25, 0.3) is 0 Å². The molecule has 0 aliphatic carbocycles. The van der Waals surface area contributed by atoms with E-state index in [2.05, 4.69) is 23.8 Å². The summed E-state index contributed by atoms with van der Waals surface area (Å²) in [5.41, 5.74) is 0.551. The Morgan fingerprint density at radius 1 is 0.686 bits per heavy atom. The number of nitrogens with one attached hydrogen (secondary N) is 2. The topological polar surface area (TPSA) is 192 Å². The average molecular weight is 501 g/mol. The zero-order valence-corrected chi connectivity index (χ0v) is 19.8. The van der Waals surface area contributed by atoms with Crippen LogP contribution in [0.4, 0.5) is 0 Å². The summed E-state index contributed by atoms with van der Waals surface area (Å²) in [5, 5.41) is 23.1. The van der Waals surface area contributed by atoms with Gasteiger partial charge in [-0.15, -0.1) is 0 Å². The van der Waals surface area contributed by atoms with Gasteiger partial charge in [-0.2, -0.15) is 0 Å². The molecule has 0 spiro atoms. The summed E-state index contributed by atoms with van der Waals surface area (Å²) < 4.78 is 9.89. The van der Waals surface area contributed by atoms with Crippen LogP contribution in [-0.2, 0) is 38.2 Å². The summed E-state index contributed by atoms with van der Waals surface area (Å²) in [4.78, 5) is 71.4. The van der Waals surface area contributed by atoms with E-state index in [1.807, 2.05) is 0 Å². The minimum Gasteiger partial charge on any atom is -0.480 e. The van der Waals surface area contributed by atoms with Gasteiger partial charge in [-0.3, -0.25) is 38.6 Å². The third kappa shape index (κ3) is 16.5. The maximum Gasteiger partial charge on any atom is 0.320 e. The number of esters is 2. The quantitative estimate of drug-likeness (QED) is 0.0714. The van der Waals surface area contributed by atoms with E-state index < -0.39 is 61.9 Å². The molecule has 14 heteroatoms. The Hall–Kier alpha value is -3.78. The lowest BCUT2D eigenvalue weighted by molar-refractivity contribution is -0.149. The van der Waals surface area contributed by atoms with Crippen LogP contribution in [0, 0.1) is 0 Å². The highest BCUT2D eigenvalue weighted by atomic mass is 16.5. The lowest BCUT2D eigenvalue weighted by atomic mass is 10.3. The number of rotatable bonds is 18. The molecule has 0 aromatic carbocycles. The number of aliphatic carboxylic acids is 2. The number of hydrogen-bond acceptors (Lipinski definition) is 10. The van der Waals surface area contributed by atoms with Gasteiger partial charge in [0.2, 0.25) is 11.8 Å². The van der Waals surface area contributed by atoms with Gasteiger partial charge in [0.1, 0.15) is 13.2 Å². The van der Waals surface area contributed by atoms with E-state index in [0.29, 0.717) is 0 Å². The maximum atomic E-state index is 12.1. The minimum absolute atomic E-state index is 0.0141. The molecule has 0 bridgehead atoms. The van der Waals surface area contributed by atoms with Gasteiger partial charge in [0.25, 0.3) is 0 Å². The average Bonchev–Trinajstić information content (AvgIpc) is 2.72. The van der Waals surface area contributed by atoms with E-state index >= 15 is 0 Å². The van der Waals surface area contributed by atoms with E-state index in [-0.39, 0.29) is 44.1 Å². The molecule has 0 unspecified atom stereocenters. The molecule has 0 atom stereocenters. The molecule has 0 rings (SSSR count). The van der Waals surface area contributed by atoms with E-state index in [1.54, 1.807) is 0 Å². The minimum atomic E-state index is -1.29. The predicted molar refractivity (Wildman–Crippen MR) is 121 cm³/mol. The Morgan fingerprint density at radius 2 is 1.03 bits per heavy atom. The summed E-state index contributed by atoms with van der Waals surface area (Å²) in [7, 11) is 0. The summed E-state index contributed by atoms with van der Waals surface area (Å²) in [6.45, 7) is 6.92. The van der Waals surface area contributed by atoms with E-state index in [4.69, 9.17) is 19.7 Å². The van der Waals surface area contributed by atoms with Gasteiger partial charge in [0, 0.05) is 11.1 Å². The second kappa shape index (κ2) is 16.8. The fraction of sp³-hybridized carbons (Fsp3) is 0.524. The molecule has 0 aromatic rings. The lowest BCUT2D eigenvalue weighted by Gasteiger charge is -2.27. The van der Waals surface area contributed by atoms with Gasteiger partial charge in [-0.25, -0.2) is 0 Å². The highest BCUT2D eigenvalue weighted by Crippen LogP contribution is 1.99. The number of carboxylic acid groups (broad SMARTS) is 2. The predicted octanol–water partition coefficient (Wildman–Crippen LogP) is -1.81. The van der Waals surface area contributed by atoms with Crippen LogP contribution in [0.5, 0.6) is 0 Å². The third-order valence-electron chi connectivity index (χ3n) is 3.90. The van der Waals surface area contributed by atoms with E-state index in [9.17, 15) is 28.8 Å². The molecule has 0 saturated carbocycles. The first-order valence-electron chi connectivity index (χ1n) is 10.4. The normalized spacial score (nSPS) is 10.4. The molecule has 0 heterocycles. The fourth-order valence-corrected chi connectivity index (χ4v) is 2.39. The monoisotopic (exact) mass is 500 g/mol. The van der Waals surface area contributed by atoms with Crippen LogP contribution in [0.3, 0.4) is 0 Å². The Bertz CT molecular complexity index is 761. The number of hydrogen-bond donors (Lipinski definition) is 4. The second-order valence-electron chi connectivity index (χ2n) is 7.42. The summed E-state index contributed by atoms with van der Waals surface area (Å²) in [6, 6.07) is 0. The molecule has 35 heavy (non-hydrogen) atoms. The number of carbonyl (C=O) groups excluding carboxylic acids is 4. The number of nitrogens with zero attached hydrogens (tertiary/aromatic N) is 2. The molecule has 2 amide bonds. The summed E-state index contributed by atoms with van der Waals surface area (Å²) in [5.74, 6) is -5.05. The Labute approximate surface area is 202 Å². The number of carbonyl (C=O) groups is 6. The number of ether oxygens (including phenoxy) is 2. The molecule has 0 aliphatic rings. The van der Waals surface area contributed by atoms with Gasteiger partial charge in [0.05, 0.1) is 45.9 Å². The molecule has 0 radical (unpaired) electrons. The van der Waals surface area contributed by atoms with Crippen molar-refractivity contribution in [3.05, 3.63) is 24.3 Å². The van der Waals surface area contributed by atoms with Crippen molar-refractivity contribution in [3.63, 3.8) is 0 Å². The highest BCUT2D eigenvalue weighted by Gasteiger charge is 2.22. The van der Waals surface area contributed by atoms with Crippen LogP contribution < -0.4 is 10.6 Å². The van der Waals surface area contributed by atoms with Crippen molar-refractivity contribution in [1.82, 2.24) is 20.4 Å². The van der Waals surface area contributed by atoms with Gasteiger partial charge in [-0.05, 0) is 13.8 Å². The molecule has 0 saturated heterocycles. The van der Waals surface area contributed by atoms with Crippen molar-refractivity contribution in [3.8, 4) is 0 Å². The molecule has 196 valence electrons. The standard InChI is InChI=1S/C21H32N4O10/c1-14(2)20(32)22-5-7-34-18(30)11-24(9-16(26)27)13-25(10-17(28)29)12-19(31)35-8-6-23-21(33)15(3)4/h1,3,5-13H2,2,4H3,(H,22,32)(H,23,33)(H,26,27)(H,28,29). The van der Waals surface area contributed by atoms with Crippen molar-refractivity contribution >= 4 is 35.7 Å². The van der Waals surface area contributed by atoms with Crippen molar-refractivity contribution in [2.24, 2.45) is 0 Å². The van der Waals surface area contributed by atoms with E-state index in [0.717, 1.165) is 9.80 Å². The fourth-order valence-electron chi connectivity index (χ4n) is 2.39. The van der Waals surface area contributed by atoms with E-state index in [1.165, 1.54) is 13.8 Å². The van der Waals surface area contributed by atoms with Crippen molar-refractivity contribution in [1.29, 1.82) is 0 Å². The van der Waals surface area contributed by atoms with Gasteiger partial charge in [0.15, 0.2) is 0 Å². The van der Waals surface area contributed by atoms with Crippen LogP contribution in [0.1, 0.15) is 13.8 Å². The van der Waals surface area contributed by atoms with Crippen LogP contribution in [0.15, 0.2) is 24.3 Å². The zero-order valence-electron chi connectivity index (χ0n) is 19.8. The first-order chi connectivity index (χ1) is 16.3. The smallest absolute Gasteiger partial charge is 0.320 e. The molecule has 0 fully saturated rings. The lowest BCUT2D eigenvalue weighted by Crippen LogP contribution is -2.47. The van der Waals surface area contributed by atoms with Crippen molar-refractivity contribution in [2.75, 3.05) is 59.2 Å². The number of amides is 2. The maximum absolute atomic E-state index is 12.1. The van der Waals surface area contributed by atoms with Gasteiger partial charge < -0.3 is 30.3 Å². The molecule has 4 N–H and O–H groups in total. The largest absolute Gasteiger partial charge is 0.480 e. The first kappa shape index (κ1) is 31.2. The zero-order chi connectivity index (χ0) is 27.0. The SMILES string of the molecule is C=C(C)C(=O)NCCOC(=O)CN(CC(=O)O)CN(CC(=O)O)CC(=O)OCCNC(=O)C(=C)C. The second-order valence-corrected chi connectivity index (χ2v) is 7.42. The van der Waals surface area contributed by atoms with Gasteiger partial charge >= 0.3 is 23.9 Å². The van der Waals surface area contributed by atoms with Gasteiger partial charge in [-0.1, -0.05) is 13.2 Å². The first-order valence-corrected chi connectivity index (χ1v) is 10.4. The molecular formula is C21H32N4O10. The molecule has 0 aliphatic heterocycles. The Kier molecular flexibility index (Phi) is 15.0. The number of carboxylic acids is 2. The Balaban J connectivity index is 4.82. The summed E-state index contributed by atoms with van der Waals surface area (Å²) in [6.07, 6.45) is 0. The van der Waals surface area contributed by atoms with Crippen LogP contribution in [-0.4, -0.2) is 115 Å². The van der Waals surface area contributed by atoms with Crippen LogP contribution in [0.2, 0.25) is 0 Å².